The molecule has 170 valence electrons. The highest BCUT2D eigenvalue weighted by atomic mass is 19.1. The van der Waals surface area contributed by atoms with Gasteiger partial charge in [0.1, 0.15) is 11.6 Å². The molecule has 1 atom stereocenters. The summed E-state index contributed by atoms with van der Waals surface area (Å²) in [4.78, 5) is 33.3. The van der Waals surface area contributed by atoms with Gasteiger partial charge in [-0.25, -0.2) is 23.5 Å². The molecule has 4 aromatic rings. The van der Waals surface area contributed by atoms with Gasteiger partial charge in [-0.15, -0.1) is 0 Å². The zero-order valence-corrected chi connectivity index (χ0v) is 17.7. The number of fused-ring (bicyclic) bond motifs is 2. The lowest BCUT2D eigenvalue weighted by Crippen LogP contribution is -2.30. The van der Waals surface area contributed by atoms with Crippen molar-refractivity contribution in [2.45, 2.75) is 19.0 Å². The normalized spacial score (nSPS) is 13.4. The third kappa shape index (κ3) is 4.15. The van der Waals surface area contributed by atoms with Crippen LogP contribution in [0.15, 0.2) is 60.7 Å². The molecule has 9 heteroatoms. The van der Waals surface area contributed by atoms with Crippen LogP contribution in [-0.4, -0.2) is 27.1 Å². The van der Waals surface area contributed by atoms with Crippen LogP contribution in [0.4, 0.5) is 13.6 Å². The van der Waals surface area contributed by atoms with E-state index in [1.54, 1.807) is 36.4 Å². The van der Waals surface area contributed by atoms with Crippen molar-refractivity contribution in [2.24, 2.45) is 0 Å². The molecule has 0 radical (unpaired) electrons. The molecule has 0 fully saturated rings. The van der Waals surface area contributed by atoms with Crippen LogP contribution < -0.4 is 10.6 Å². The van der Waals surface area contributed by atoms with Gasteiger partial charge in [0.2, 0.25) is 0 Å². The van der Waals surface area contributed by atoms with E-state index < -0.39 is 23.8 Å². The standard InChI is InChI=1S/C25H18F2N4O3/c26-16-7-13(8-17(27)11-16)9-21(31-25(33)34)23-22(29-19-3-1-2-4-20(19)30-23)14-5-6-15-12-28-24(32)18(15)10-14/h1-8,10-11,21,31H,9,12H2,(H,28,32)(H,33,34). The van der Waals surface area contributed by atoms with Crippen LogP contribution in [0.1, 0.15) is 33.2 Å². The fourth-order valence-electron chi connectivity index (χ4n) is 4.16. The average Bonchev–Trinajstić information content (AvgIpc) is 3.17. The van der Waals surface area contributed by atoms with Gasteiger partial charge in [0.05, 0.1) is 28.5 Å². The predicted molar refractivity (Wildman–Crippen MR) is 120 cm³/mol. The summed E-state index contributed by atoms with van der Waals surface area (Å²) in [6.45, 7) is 0.430. The van der Waals surface area contributed by atoms with Gasteiger partial charge in [-0.05, 0) is 47.9 Å². The fraction of sp³-hybridized carbons (Fsp3) is 0.120. The van der Waals surface area contributed by atoms with Crippen LogP contribution in [0.2, 0.25) is 0 Å². The van der Waals surface area contributed by atoms with Gasteiger partial charge in [-0.1, -0.05) is 24.3 Å². The van der Waals surface area contributed by atoms with Crippen molar-refractivity contribution >= 4 is 23.0 Å². The molecule has 1 aromatic heterocycles. The number of benzene rings is 3. The number of hydrogen-bond donors (Lipinski definition) is 3. The Bertz CT molecular complexity index is 1440. The molecule has 34 heavy (non-hydrogen) atoms. The van der Waals surface area contributed by atoms with Crippen molar-refractivity contribution in [3.05, 3.63) is 94.7 Å². The number of aromatic nitrogens is 2. The second kappa shape index (κ2) is 8.51. The SMILES string of the molecule is O=C(O)NC(Cc1cc(F)cc(F)c1)c1nc2ccccc2nc1-c1ccc2c(c1)C(=O)NC2. The Hall–Kier alpha value is -4.40. The summed E-state index contributed by atoms with van der Waals surface area (Å²) in [7, 11) is 0. The third-order valence-corrected chi connectivity index (χ3v) is 5.65. The van der Waals surface area contributed by atoms with E-state index in [1.807, 2.05) is 6.07 Å². The molecular formula is C25H18F2N4O3. The van der Waals surface area contributed by atoms with Crippen LogP contribution >= 0.6 is 0 Å². The molecule has 0 saturated carbocycles. The van der Waals surface area contributed by atoms with Gasteiger partial charge in [0, 0.05) is 23.7 Å². The Labute approximate surface area is 192 Å². The summed E-state index contributed by atoms with van der Waals surface area (Å²) < 4.78 is 27.6. The molecule has 1 unspecified atom stereocenters. The maximum absolute atomic E-state index is 13.8. The van der Waals surface area contributed by atoms with Gasteiger partial charge in [-0.3, -0.25) is 4.79 Å². The number of amides is 2. The van der Waals surface area contributed by atoms with E-state index in [2.05, 4.69) is 15.6 Å². The highest BCUT2D eigenvalue weighted by Crippen LogP contribution is 2.32. The minimum absolute atomic E-state index is 0.0631. The molecule has 3 aromatic carbocycles. The van der Waals surface area contributed by atoms with E-state index >= 15 is 0 Å². The molecule has 0 bridgehead atoms. The average molecular weight is 460 g/mol. The van der Waals surface area contributed by atoms with E-state index in [4.69, 9.17) is 4.98 Å². The summed E-state index contributed by atoms with van der Waals surface area (Å²) in [5.74, 6) is -1.74. The second-order valence-electron chi connectivity index (χ2n) is 7.98. The number of carboxylic acid groups (broad SMARTS) is 1. The Morgan fingerprint density at radius 2 is 1.74 bits per heavy atom. The quantitative estimate of drug-likeness (QED) is 0.410. The monoisotopic (exact) mass is 460 g/mol. The number of carbonyl (C=O) groups is 2. The van der Waals surface area contributed by atoms with Crippen LogP contribution in [-0.2, 0) is 13.0 Å². The lowest BCUT2D eigenvalue weighted by molar-refractivity contribution is 0.0965. The number of halogens is 2. The van der Waals surface area contributed by atoms with Crippen LogP contribution in [0.3, 0.4) is 0 Å². The van der Waals surface area contributed by atoms with Crippen LogP contribution in [0.5, 0.6) is 0 Å². The zero-order valence-electron chi connectivity index (χ0n) is 17.7. The first kappa shape index (κ1) is 21.4. The van der Waals surface area contributed by atoms with E-state index in [0.717, 1.165) is 23.8 Å². The summed E-state index contributed by atoms with van der Waals surface area (Å²) in [5.41, 5.74) is 3.95. The maximum Gasteiger partial charge on any atom is 0.405 e. The minimum Gasteiger partial charge on any atom is -0.465 e. The maximum atomic E-state index is 13.8. The summed E-state index contributed by atoms with van der Waals surface area (Å²) in [6, 6.07) is 14.5. The first-order chi connectivity index (χ1) is 16.4. The number of nitrogens with one attached hydrogen (secondary N) is 2. The number of nitrogens with zero attached hydrogens (tertiary/aromatic N) is 2. The number of rotatable bonds is 5. The van der Waals surface area contributed by atoms with Crippen molar-refractivity contribution < 1.29 is 23.5 Å². The van der Waals surface area contributed by atoms with Crippen molar-refractivity contribution in [1.29, 1.82) is 0 Å². The third-order valence-electron chi connectivity index (χ3n) is 5.65. The van der Waals surface area contributed by atoms with E-state index in [-0.39, 0.29) is 23.6 Å². The van der Waals surface area contributed by atoms with Gasteiger partial charge in [-0.2, -0.15) is 0 Å². The Balaban J connectivity index is 1.68. The van der Waals surface area contributed by atoms with Crippen molar-refractivity contribution in [1.82, 2.24) is 20.6 Å². The Morgan fingerprint density at radius 3 is 2.44 bits per heavy atom. The van der Waals surface area contributed by atoms with E-state index in [1.165, 1.54) is 0 Å². The Morgan fingerprint density at radius 1 is 1.03 bits per heavy atom. The first-order valence-corrected chi connectivity index (χ1v) is 10.5. The van der Waals surface area contributed by atoms with Crippen LogP contribution in [0, 0.1) is 11.6 Å². The number of carbonyl (C=O) groups excluding carboxylic acids is 1. The van der Waals surface area contributed by atoms with Crippen LogP contribution in [0.25, 0.3) is 22.3 Å². The van der Waals surface area contributed by atoms with Crippen molar-refractivity contribution in [3.63, 3.8) is 0 Å². The lowest BCUT2D eigenvalue weighted by atomic mass is 9.96. The fourth-order valence-corrected chi connectivity index (χ4v) is 4.16. The molecule has 3 N–H and O–H groups in total. The lowest BCUT2D eigenvalue weighted by Gasteiger charge is -2.20. The largest absolute Gasteiger partial charge is 0.465 e. The summed E-state index contributed by atoms with van der Waals surface area (Å²) in [6.07, 6.45) is -1.39. The van der Waals surface area contributed by atoms with Gasteiger partial charge >= 0.3 is 6.09 Å². The van der Waals surface area contributed by atoms with Gasteiger partial charge in [0.15, 0.2) is 0 Å². The highest BCUT2D eigenvalue weighted by Gasteiger charge is 2.25. The van der Waals surface area contributed by atoms with Gasteiger partial charge < -0.3 is 15.7 Å². The summed E-state index contributed by atoms with van der Waals surface area (Å²) in [5, 5.41) is 14.7. The summed E-state index contributed by atoms with van der Waals surface area (Å²) >= 11 is 0. The molecular weight excluding hydrogens is 442 g/mol. The number of para-hydroxylation sites is 2. The molecule has 0 spiro atoms. The molecule has 2 amide bonds. The molecule has 0 saturated heterocycles. The topological polar surface area (TPSA) is 104 Å². The second-order valence-corrected chi connectivity index (χ2v) is 7.98. The number of hydrogen-bond acceptors (Lipinski definition) is 4. The molecule has 5 rings (SSSR count). The minimum atomic E-state index is -1.32. The highest BCUT2D eigenvalue weighted by molar-refractivity contribution is 5.99. The van der Waals surface area contributed by atoms with Gasteiger partial charge in [0.25, 0.3) is 5.91 Å². The molecule has 2 heterocycles. The first-order valence-electron chi connectivity index (χ1n) is 10.5. The van der Waals surface area contributed by atoms with E-state index in [0.29, 0.717) is 34.4 Å². The Kier molecular flexibility index (Phi) is 5.37. The van der Waals surface area contributed by atoms with E-state index in [9.17, 15) is 23.5 Å². The molecule has 7 nitrogen and oxygen atoms in total. The van der Waals surface area contributed by atoms with Crippen molar-refractivity contribution in [2.75, 3.05) is 0 Å². The molecule has 1 aliphatic heterocycles. The molecule has 0 aliphatic carbocycles. The predicted octanol–water partition coefficient (Wildman–Crippen LogP) is 4.37. The molecule has 1 aliphatic rings. The zero-order chi connectivity index (χ0) is 23.8. The smallest absolute Gasteiger partial charge is 0.405 e. The van der Waals surface area contributed by atoms with Crippen molar-refractivity contribution in [3.8, 4) is 11.3 Å².